The second-order valence-electron chi connectivity index (χ2n) is 4.69. The number of hydrogen-bond acceptors (Lipinski definition) is 7. The lowest BCUT2D eigenvalue weighted by molar-refractivity contribution is -0.00620. The van der Waals surface area contributed by atoms with Gasteiger partial charge in [-0.3, -0.25) is 0 Å². The third-order valence-corrected chi connectivity index (χ3v) is 4.26. The summed E-state index contributed by atoms with van der Waals surface area (Å²) in [5.74, 6) is -0.375. The predicted molar refractivity (Wildman–Crippen MR) is 76.5 cm³/mol. The molecule has 20 heavy (non-hydrogen) atoms. The molecular formula is C13H20N2O4S. The number of thiazole rings is 1. The van der Waals surface area contributed by atoms with E-state index >= 15 is 0 Å². The Labute approximate surface area is 122 Å². The van der Waals surface area contributed by atoms with Crippen LogP contribution < -0.4 is 5.32 Å². The smallest absolute Gasteiger partial charge is 0.358 e. The van der Waals surface area contributed by atoms with E-state index in [4.69, 9.17) is 14.2 Å². The first-order chi connectivity index (χ1) is 9.60. The SMILES string of the molecule is CCOC(=O)c1nc(NCC2(OC)CCOC2)sc1C. The molecule has 0 saturated carbocycles. The van der Waals surface area contributed by atoms with Crippen LogP contribution in [0.4, 0.5) is 5.13 Å². The Hall–Kier alpha value is -1.18. The third kappa shape index (κ3) is 3.28. The van der Waals surface area contributed by atoms with E-state index in [1.54, 1.807) is 14.0 Å². The molecule has 0 bridgehead atoms. The van der Waals surface area contributed by atoms with Gasteiger partial charge in [-0.25, -0.2) is 9.78 Å². The van der Waals surface area contributed by atoms with Gasteiger partial charge in [-0.05, 0) is 13.8 Å². The normalized spacial score (nSPS) is 21.9. The van der Waals surface area contributed by atoms with Gasteiger partial charge in [-0.1, -0.05) is 0 Å². The highest BCUT2D eigenvalue weighted by molar-refractivity contribution is 7.15. The van der Waals surface area contributed by atoms with Crippen LogP contribution in [0.2, 0.25) is 0 Å². The van der Waals surface area contributed by atoms with E-state index < -0.39 is 0 Å². The molecule has 1 N–H and O–H groups in total. The Morgan fingerprint density at radius 2 is 2.40 bits per heavy atom. The topological polar surface area (TPSA) is 69.7 Å². The van der Waals surface area contributed by atoms with Crippen LogP contribution >= 0.6 is 11.3 Å². The van der Waals surface area contributed by atoms with Crippen molar-refractivity contribution < 1.29 is 19.0 Å². The highest BCUT2D eigenvalue weighted by Crippen LogP contribution is 2.26. The fourth-order valence-electron chi connectivity index (χ4n) is 2.06. The van der Waals surface area contributed by atoms with Crippen molar-refractivity contribution in [3.8, 4) is 0 Å². The number of ether oxygens (including phenoxy) is 3. The Kier molecular flexibility index (Phi) is 4.95. The van der Waals surface area contributed by atoms with Crippen molar-refractivity contribution in [1.82, 2.24) is 4.98 Å². The van der Waals surface area contributed by atoms with Crippen molar-refractivity contribution in [1.29, 1.82) is 0 Å². The van der Waals surface area contributed by atoms with Gasteiger partial charge in [0.1, 0.15) is 5.60 Å². The maximum atomic E-state index is 11.7. The van der Waals surface area contributed by atoms with E-state index in [0.29, 0.717) is 37.2 Å². The van der Waals surface area contributed by atoms with E-state index in [0.717, 1.165) is 11.3 Å². The van der Waals surface area contributed by atoms with Gasteiger partial charge in [-0.15, -0.1) is 11.3 Å². The lowest BCUT2D eigenvalue weighted by atomic mass is 10.0. The van der Waals surface area contributed by atoms with Crippen LogP contribution in [-0.4, -0.2) is 50.0 Å². The molecule has 1 aromatic rings. The summed E-state index contributed by atoms with van der Waals surface area (Å²) >= 11 is 1.44. The van der Waals surface area contributed by atoms with Gasteiger partial charge in [0.2, 0.25) is 0 Å². The monoisotopic (exact) mass is 300 g/mol. The average molecular weight is 300 g/mol. The number of anilines is 1. The number of nitrogens with one attached hydrogen (secondary N) is 1. The minimum absolute atomic E-state index is 0.302. The Morgan fingerprint density at radius 1 is 1.60 bits per heavy atom. The molecular weight excluding hydrogens is 280 g/mol. The zero-order chi connectivity index (χ0) is 14.6. The molecule has 2 heterocycles. The highest BCUT2D eigenvalue weighted by atomic mass is 32.1. The molecule has 0 amide bonds. The van der Waals surface area contributed by atoms with Gasteiger partial charge >= 0.3 is 5.97 Å². The van der Waals surface area contributed by atoms with Crippen molar-refractivity contribution in [2.45, 2.75) is 25.9 Å². The highest BCUT2D eigenvalue weighted by Gasteiger charge is 2.35. The summed E-state index contributed by atoms with van der Waals surface area (Å²) in [4.78, 5) is 16.8. The van der Waals surface area contributed by atoms with Crippen LogP contribution in [0, 0.1) is 6.92 Å². The number of esters is 1. The minimum Gasteiger partial charge on any atom is -0.461 e. The molecule has 0 aromatic carbocycles. The Morgan fingerprint density at radius 3 is 3.00 bits per heavy atom. The van der Waals surface area contributed by atoms with Gasteiger partial charge in [-0.2, -0.15) is 0 Å². The molecule has 0 radical (unpaired) electrons. The maximum absolute atomic E-state index is 11.7. The first kappa shape index (κ1) is 15.2. The molecule has 1 aliphatic heterocycles. The van der Waals surface area contributed by atoms with Gasteiger partial charge in [0, 0.05) is 31.6 Å². The zero-order valence-electron chi connectivity index (χ0n) is 12.0. The summed E-state index contributed by atoms with van der Waals surface area (Å²) in [5.41, 5.74) is 0.0809. The number of aryl methyl sites for hydroxylation is 1. The van der Waals surface area contributed by atoms with Crippen LogP contribution in [0.1, 0.15) is 28.7 Å². The molecule has 6 nitrogen and oxygen atoms in total. The van der Waals surface area contributed by atoms with Crippen LogP contribution in [0.25, 0.3) is 0 Å². The maximum Gasteiger partial charge on any atom is 0.358 e. The summed E-state index contributed by atoms with van der Waals surface area (Å²) in [7, 11) is 1.69. The first-order valence-corrected chi connectivity index (χ1v) is 7.43. The van der Waals surface area contributed by atoms with Crippen molar-refractivity contribution in [3.63, 3.8) is 0 Å². The number of aromatic nitrogens is 1. The van der Waals surface area contributed by atoms with E-state index in [2.05, 4.69) is 10.3 Å². The standard InChI is InChI=1S/C13H20N2O4S/c1-4-19-11(16)10-9(2)20-12(15-10)14-7-13(17-3)5-6-18-8-13/h4-8H2,1-3H3,(H,14,15). The van der Waals surface area contributed by atoms with Crippen LogP contribution in [-0.2, 0) is 14.2 Å². The molecule has 0 aliphatic carbocycles. The largest absolute Gasteiger partial charge is 0.461 e. The predicted octanol–water partition coefficient (Wildman–Crippen LogP) is 1.85. The summed E-state index contributed by atoms with van der Waals surface area (Å²) in [6.07, 6.45) is 0.853. The van der Waals surface area contributed by atoms with E-state index in [9.17, 15) is 4.79 Å². The summed E-state index contributed by atoms with van der Waals surface area (Å²) in [6.45, 7) is 5.88. The molecule has 1 fully saturated rings. The molecule has 1 unspecified atom stereocenters. The summed E-state index contributed by atoms with van der Waals surface area (Å²) in [5, 5.41) is 3.93. The quantitative estimate of drug-likeness (QED) is 0.809. The number of nitrogens with zero attached hydrogens (tertiary/aromatic N) is 1. The molecule has 1 aromatic heterocycles. The molecule has 112 valence electrons. The number of carbonyl (C=O) groups is 1. The second kappa shape index (κ2) is 6.51. The number of methoxy groups -OCH3 is 1. The van der Waals surface area contributed by atoms with Crippen LogP contribution in [0.5, 0.6) is 0 Å². The van der Waals surface area contributed by atoms with E-state index in [1.165, 1.54) is 11.3 Å². The fourth-order valence-corrected chi connectivity index (χ4v) is 2.86. The van der Waals surface area contributed by atoms with E-state index in [1.807, 2.05) is 6.92 Å². The molecule has 7 heteroatoms. The fraction of sp³-hybridized carbons (Fsp3) is 0.692. The lowest BCUT2D eigenvalue weighted by Gasteiger charge is -2.25. The lowest BCUT2D eigenvalue weighted by Crippen LogP contribution is -2.39. The number of hydrogen-bond donors (Lipinski definition) is 1. The number of carbonyl (C=O) groups excluding carboxylic acids is 1. The Balaban J connectivity index is 2.00. The number of rotatable bonds is 6. The third-order valence-electron chi connectivity index (χ3n) is 3.33. The first-order valence-electron chi connectivity index (χ1n) is 6.61. The molecule has 1 aliphatic rings. The van der Waals surface area contributed by atoms with Crippen LogP contribution in [0.3, 0.4) is 0 Å². The molecule has 0 spiro atoms. The molecule has 2 rings (SSSR count). The molecule has 1 atom stereocenters. The average Bonchev–Trinajstić information content (AvgIpc) is 3.04. The summed E-state index contributed by atoms with van der Waals surface area (Å²) in [6, 6.07) is 0. The van der Waals surface area contributed by atoms with Crippen molar-refractivity contribution in [3.05, 3.63) is 10.6 Å². The van der Waals surface area contributed by atoms with Gasteiger partial charge in [0.25, 0.3) is 0 Å². The van der Waals surface area contributed by atoms with E-state index in [-0.39, 0.29) is 11.6 Å². The zero-order valence-corrected chi connectivity index (χ0v) is 12.8. The summed E-state index contributed by atoms with van der Waals surface area (Å²) < 4.78 is 15.9. The molecule has 1 saturated heterocycles. The van der Waals surface area contributed by atoms with Gasteiger partial charge in [0.15, 0.2) is 10.8 Å². The van der Waals surface area contributed by atoms with Crippen molar-refractivity contribution in [2.24, 2.45) is 0 Å². The Bertz CT molecular complexity index is 469. The van der Waals surface area contributed by atoms with Crippen molar-refractivity contribution in [2.75, 3.05) is 38.8 Å². The minimum atomic E-state index is -0.375. The van der Waals surface area contributed by atoms with Crippen molar-refractivity contribution >= 4 is 22.4 Å². The second-order valence-corrected chi connectivity index (χ2v) is 5.89. The van der Waals surface area contributed by atoms with Gasteiger partial charge < -0.3 is 19.5 Å². The van der Waals surface area contributed by atoms with Crippen LogP contribution in [0.15, 0.2) is 0 Å². The van der Waals surface area contributed by atoms with Gasteiger partial charge in [0.05, 0.1) is 13.2 Å².